The number of nitrogens with zero attached hydrogens (tertiary/aromatic N) is 4. The van der Waals surface area contributed by atoms with Crippen LogP contribution in [0.1, 0.15) is 47.2 Å². The number of benzene rings is 1. The zero-order valence-electron chi connectivity index (χ0n) is 20.8. The number of hydrogen-bond acceptors (Lipinski definition) is 7. The van der Waals surface area contributed by atoms with Crippen LogP contribution in [-0.4, -0.2) is 47.0 Å². The molecule has 2 N–H and O–H groups in total. The number of ether oxygens (including phenoxy) is 1. The van der Waals surface area contributed by atoms with Crippen molar-refractivity contribution < 1.29 is 22.7 Å². The number of carbonyl (C=O) groups is 1. The van der Waals surface area contributed by atoms with Gasteiger partial charge in [0.25, 0.3) is 5.91 Å². The van der Waals surface area contributed by atoms with Gasteiger partial charge in [0.2, 0.25) is 11.8 Å². The highest BCUT2D eigenvalue weighted by molar-refractivity contribution is 5.96. The summed E-state index contributed by atoms with van der Waals surface area (Å²) in [5, 5.41) is 6.40. The van der Waals surface area contributed by atoms with E-state index < -0.39 is 11.7 Å². The van der Waals surface area contributed by atoms with Crippen LogP contribution in [0.5, 0.6) is 11.6 Å². The summed E-state index contributed by atoms with van der Waals surface area (Å²) in [7, 11) is 3.87. The summed E-state index contributed by atoms with van der Waals surface area (Å²) in [5.41, 5.74) is 0.310. The number of amides is 1. The Kier molecular flexibility index (Phi) is 7.80. The fraction of sp³-hybridized carbons (Fsp3) is 0.385. The smallest absolute Gasteiger partial charge is 0.416 e. The molecule has 0 radical (unpaired) electrons. The Balaban J connectivity index is 1.35. The monoisotopic (exact) mass is 514 g/mol. The molecule has 1 aliphatic rings. The highest BCUT2D eigenvalue weighted by Gasteiger charge is 2.31. The number of anilines is 2. The number of carbonyl (C=O) groups excluding carboxylic acids is 1. The number of rotatable bonds is 7. The van der Waals surface area contributed by atoms with Gasteiger partial charge in [0.1, 0.15) is 17.1 Å². The molecule has 4 rings (SSSR count). The van der Waals surface area contributed by atoms with Gasteiger partial charge in [-0.05, 0) is 62.9 Å². The lowest BCUT2D eigenvalue weighted by molar-refractivity contribution is -0.137. The van der Waals surface area contributed by atoms with Crippen molar-refractivity contribution in [3.05, 3.63) is 65.5 Å². The van der Waals surface area contributed by atoms with E-state index in [9.17, 15) is 18.0 Å². The van der Waals surface area contributed by atoms with E-state index in [2.05, 4.69) is 25.6 Å². The Morgan fingerprint density at radius 3 is 2.49 bits per heavy atom. The van der Waals surface area contributed by atoms with Crippen molar-refractivity contribution in [3.8, 4) is 11.6 Å². The second kappa shape index (κ2) is 11.0. The maximum absolute atomic E-state index is 13.0. The molecule has 0 saturated heterocycles. The lowest BCUT2D eigenvalue weighted by Crippen LogP contribution is -2.40. The first-order valence-corrected chi connectivity index (χ1v) is 12.0. The fourth-order valence-electron chi connectivity index (χ4n) is 4.28. The van der Waals surface area contributed by atoms with Crippen molar-refractivity contribution in [2.24, 2.45) is 0 Å². The molecule has 1 fully saturated rings. The maximum Gasteiger partial charge on any atom is 0.416 e. The van der Waals surface area contributed by atoms with Crippen LogP contribution in [0.2, 0.25) is 0 Å². The minimum atomic E-state index is -4.50. The third-order valence-electron chi connectivity index (χ3n) is 6.16. The van der Waals surface area contributed by atoms with Crippen molar-refractivity contribution in [2.75, 3.05) is 24.3 Å². The molecule has 11 heteroatoms. The first-order chi connectivity index (χ1) is 17.6. The van der Waals surface area contributed by atoms with E-state index in [0.29, 0.717) is 5.95 Å². The van der Waals surface area contributed by atoms with E-state index >= 15 is 0 Å². The van der Waals surface area contributed by atoms with Gasteiger partial charge in [0.15, 0.2) is 0 Å². The van der Waals surface area contributed by atoms with Crippen LogP contribution in [-0.2, 0) is 6.18 Å². The van der Waals surface area contributed by atoms with Crippen LogP contribution < -0.4 is 20.3 Å². The maximum atomic E-state index is 13.0. The molecule has 8 nitrogen and oxygen atoms in total. The predicted molar refractivity (Wildman–Crippen MR) is 134 cm³/mol. The van der Waals surface area contributed by atoms with Crippen LogP contribution in [0, 0.1) is 6.92 Å². The van der Waals surface area contributed by atoms with E-state index in [1.165, 1.54) is 24.4 Å². The summed E-state index contributed by atoms with van der Waals surface area (Å²) in [4.78, 5) is 28.0. The van der Waals surface area contributed by atoms with Gasteiger partial charge in [-0.2, -0.15) is 18.2 Å². The third kappa shape index (κ3) is 6.66. The Labute approximate surface area is 213 Å². The fourth-order valence-corrected chi connectivity index (χ4v) is 4.28. The summed E-state index contributed by atoms with van der Waals surface area (Å²) in [6, 6.07) is 7.72. The largest absolute Gasteiger partial charge is 0.438 e. The van der Waals surface area contributed by atoms with E-state index in [1.54, 1.807) is 12.3 Å². The molecule has 0 spiro atoms. The SMILES string of the molecule is Cc1cnc(NC2CCC(NC(=O)c3cccnc3Oc3cccc(C(F)(F)F)c3)CC2)nc1N(C)C. The van der Waals surface area contributed by atoms with Crippen molar-refractivity contribution in [2.45, 2.75) is 50.9 Å². The molecule has 37 heavy (non-hydrogen) atoms. The normalized spacial score (nSPS) is 17.7. The molecular formula is C26H29F3N6O2. The van der Waals surface area contributed by atoms with E-state index in [-0.39, 0.29) is 35.2 Å². The molecule has 0 atom stereocenters. The number of pyridine rings is 1. The Morgan fingerprint density at radius 1 is 1.05 bits per heavy atom. The van der Waals surface area contributed by atoms with Gasteiger partial charge in [-0.3, -0.25) is 4.79 Å². The molecule has 3 aromatic rings. The summed E-state index contributed by atoms with van der Waals surface area (Å²) in [6.45, 7) is 1.96. The van der Waals surface area contributed by atoms with Crippen LogP contribution in [0.4, 0.5) is 24.9 Å². The quantitative estimate of drug-likeness (QED) is 0.447. The van der Waals surface area contributed by atoms with Crippen LogP contribution in [0.15, 0.2) is 48.8 Å². The van der Waals surface area contributed by atoms with Gasteiger partial charge in [-0.25, -0.2) is 9.97 Å². The minimum absolute atomic E-state index is 0.0510. The van der Waals surface area contributed by atoms with Crippen molar-refractivity contribution >= 4 is 17.7 Å². The molecule has 1 saturated carbocycles. The first-order valence-electron chi connectivity index (χ1n) is 12.0. The van der Waals surface area contributed by atoms with Gasteiger partial charge in [0, 0.05) is 44.1 Å². The molecule has 2 aromatic heterocycles. The Bertz CT molecular complexity index is 1240. The second-order valence-corrected chi connectivity index (χ2v) is 9.24. The number of nitrogens with one attached hydrogen (secondary N) is 2. The van der Waals surface area contributed by atoms with Crippen LogP contribution >= 0.6 is 0 Å². The summed E-state index contributed by atoms with van der Waals surface area (Å²) < 4.78 is 44.7. The minimum Gasteiger partial charge on any atom is -0.438 e. The van der Waals surface area contributed by atoms with Crippen molar-refractivity contribution in [1.82, 2.24) is 20.3 Å². The number of alkyl halides is 3. The average molecular weight is 515 g/mol. The van der Waals surface area contributed by atoms with Gasteiger partial charge in [0.05, 0.1) is 5.56 Å². The molecule has 2 heterocycles. The average Bonchev–Trinajstić information content (AvgIpc) is 2.86. The molecule has 0 bridgehead atoms. The van der Waals surface area contributed by atoms with Crippen LogP contribution in [0.25, 0.3) is 0 Å². The van der Waals surface area contributed by atoms with Crippen LogP contribution in [0.3, 0.4) is 0 Å². The van der Waals surface area contributed by atoms with Gasteiger partial charge < -0.3 is 20.3 Å². The van der Waals surface area contributed by atoms with E-state index in [4.69, 9.17) is 4.74 Å². The summed E-state index contributed by atoms with van der Waals surface area (Å²) in [6.07, 6.45) is 1.85. The Morgan fingerprint density at radius 2 is 1.78 bits per heavy atom. The highest BCUT2D eigenvalue weighted by atomic mass is 19.4. The zero-order valence-corrected chi connectivity index (χ0v) is 20.8. The molecule has 1 aliphatic carbocycles. The van der Waals surface area contributed by atoms with E-state index in [1.807, 2.05) is 25.9 Å². The molecule has 0 aliphatic heterocycles. The Hall–Kier alpha value is -3.89. The highest BCUT2D eigenvalue weighted by Crippen LogP contribution is 2.33. The van der Waals surface area contributed by atoms with E-state index in [0.717, 1.165) is 49.2 Å². The first kappa shape index (κ1) is 26.2. The van der Waals surface area contributed by atoms with Crippen molar-refractivity contribution in [3.63, 3.8) is 0 Å². The molecule has 196 valence electrons. The van der Waals surface area contributed by atoms with Gasteiger partial charge in [-0.1, -0.05) is 6.07 Å². The van der Waals surface area contributed by atoms with Crippen molar-refractivity contribution in [1.29, 1.82) is 0 Å². The van der Waals surface area contributed by atoms with Gasteiger partial charge in [-0.15, -0.1) is 0 Å². The summed E-state index contributed by atoms with van der Waals surface area (Å²) in [5.74, 6) is 0.948. The second-order valence-electron chi connectivity index (χ2n) is 9.24. The standard InChI is InChI=1S/C26H29F3N6O2/c1-16-15-31-25(34-22(16)35(2)3)33-19-11-9-18(10-12-19)32-23(36)21-8-5-13-30-24(21)37-20-7-4-6-17(14-20)26(27,28)29/h4-8,13-15,18-19H,9-12H2,1-3H3,(H,32,36)(H,31,33,34). The molecule has 0 unspecified atom stereocenters. The number of hydrogen-bond donors (Lipinski definition) is 2. The zero-order chi connectivity index (χ0) is 26.6. The number of aryl methyl sites for hydroxylation is 1. The topological polar surface area (TPSA) is 92.3 Å². The predicted octanol–water partition coefficient (Wildman–Crippen LogP) is 5.21. The number of aromatic nitrogens is 3. The molecule has 1 amide bonds. The third-order valence-corrected chi connectivity index (χ3v) is 6.16. The molecule has 1 aromatic carbocycles. The lowest BCUT2D eigenvalue weighted by Gasteiger charge is -2.30. The lowest BCUT2D eigenvalue weighted by atomic mass is 9.91. The summed E-state index contributed by atoms with van der Waals surface area (Å²) >= 11 is 0. The number of halogens is 3. The molecular weight excluding hydrogens is 485 g/mol. The van der Waals surface area contributed by atoms with Gasteiger partial charge >= 0.3 is 6.18 Å².